The van der Waals surface area contributed by atoms with Gasteiger partial charge >= 0.3 is 0 Å². The molecule has 0 amide bonds. The molecule has 9 aromatic carbocycles. The highest BCUT2D eigenvalue weighted by molar-refractivity contribution is 6.16. The Kier molecular flexibility index (Phi) is 8.92. The Morgan fingerprint density at radius 3 is 1.65 bits per heavy atom. The Labute approximate surface area is 397 Å². The lowest BCUT2D eigenvalue weighted by molar-refractivity contribution is 0.667. The molecule has 0 N–H and O–H groups in total. The zero-order valence-corrected chi connectivity index (χ0v) is 37.4. The molecule has 14 rings (SSSR count). The lowest BCUT2D eigenvalue weighted by Crippen LogP contribution is -2.03. The molecule has 0 atom stereocenters. The fraction of sp³-hybridized carbons (Fsp3) is 0.0317. The average Bonchev–Trinajstić information content (AvgIpc) is 4.09. The van der Waals surface area contributed by atoms with Crippen LogP contribution in [0, 0.1) is 0 Å². The van der Waals surface area contributed by atoms with E-state index in [-0.39, 0.29) is 0 Å². The van der Waals surface area contributed by atoms with Crippen LogP contribution in [0.1, 0.15) is 18.7 Å². The van der Waals surface area contributed by atoms with Crippen LogP contribution >= 0.6 is 0 Å². The minimum Gasteiger partial charge on any atom is -0.453 e. The normalized spacial score (nSPS) is 12.8. The number of allylic oxidation sites excluding steroid dienone is 4. The lowest BCUT2D eigenvalue weighted by Gasteiger charge is -2.12. The molecular formula is C63H41N5O. The molecule has 4 heterocycles. The first kappa shape index (κ1) is 39.1. The molecule has 0 bridgehead atoms. The fourth-order valence-electron chi connectivity index (χ4n) is 10.6. The second-order valence-electron chi connectivity index (χ2n) is 17.9. The van der Waals surface area contributed by atoms with E-state index in [9.17, 15) is 0 Å². The number of hydrogen-bond acceptors (Lipinski definition) is 4. The summed E-state index contributed by atoms with van der Waals surface area (Å²) in [7, 11) is 0. The summed E-state index contributed by atoms with van der Waals surface area (Å²) < 4.78 is 11.9. The third-order valence-corrected chi connectivity index (χ3v) is 13.8. The summed E-state index contributed by atoms with van der Waals surface area (Å²) in [6.45, 7) is 0. The van der Waals surface area contributed by atoms with Gasteiger partial charge in [0, 0.05) is 54.7 Å². The van der Waals surface area contributed by atoms with Crippen LogP contribution in [0.15, 0.2) is 229 Å². The molecule has 0 aliphatic heterocycles. The molecule has 6 nitrogen and oxygen atoms in total. The van der Waals surface area contributed by atoms with Crippen LogP contribution in [0.5, 0.6) is 0 Å². The van der Waals surface area contributed by atoms with Gasteiger partial charge in [0.2, 0.25) is 0 Å². The van der Waals surface area contributed by atoms with Crippen molar-refractivity contribution in [1.29, 1.82) is 0 Å². The fourth-order valence-corrected chi connectivity index (χ4v) is 10.6. The van der Waals surface area contributed by atoms with E-state index in [2.05, 4.69) is 215 Å². The summed E-state index contributed by atoms with van der Waals surface area (Å²) in [6.07, 6.45) is 8.25. The molecule has 324 valence electrons. The monoisotopic (exact) mass is 883 g/mol. The van der Waals surface area contributed by atoms with Gasteiger partial charge in [0.05, 0.1) is 27.8 Å². The first-order valence-corrected chi connectivity index (χ1v) is 23.6. The number of rotatable bonds is 7. The van der Waals surface area contributed by atoms with Gasteiger partial charge in [0.15, 0.2) is 23.1 Å². The van der Waals surface area contributed by atoms with Crippen molar-refractivity contribution < 1.29 is 4.42 Å². The van der Waals surface area contributed by atoms with Crippen molar-refractivity contribution in [2.75, 3.05) is 0 Å². The summed E-state index contributed by atoms with van der Waals surface area (Å²) in [5.74, 6) is 2.02. The van der Waals surface area contributed by atoms with Crippen molar-refractivity contribution in [3.63, 3.8) is 0 Å². The standard InChI is InChI=1S/C63H41N5O/c1-4-17-40(18-5-1)61-64-62(41-19-6-2-7-20-41)66-63(65-61)45-22-14-21-44(37-45)47-27-15-28-50-51-29-16-32-58(60(51)69-59(47)50)68-55-31-13-11-26-49(55)53-39-43(34-36-57(53)68)42-33-35-56-52(38-42)48-25-10-12-30-54(48)67(56)46-23-8-3-9-24-46/h1-6,8-19,21-39H,7,20H2. The van der Waals surface area contributed by atoms with Gasteiger partial charge in [0.1, 0.15) is 5.58 Å². The van der Waals surface area contributed by atoms with Crippen molar-refractivity contribution >= 4 is 71.1 Å². The van der Waals surface area contributed by atoms with Crippen LogP contribution in [0.2, 0.25) is 0 Å². The summed E-state index contributed by atoms with van der Waals surface area (Å²) in [4.78, 5) is 15.1. The van der Waals surface area contributed by atoms with Crippen LogP contribution in [-0.2, 0) is 0 Å². The topological polar surface area (TPSA) is 61.7 Å². The van der Waals surface area contributed by atoms with Crippen LogP contribution in [0.4, 0.5) is 0 Å². The van der Waals surface area contributed by atoms with Crippen LogP contribution in [-0.4, -0.2) is 24.1 Å². The quantitative estimate of drug-likeness (QED) is 0.160. The van der Waals surface area contributed by atoms with Crippen LogP contribution in [0.3, 0.4) is 0 Å². The highest BCUT2D eigenvalue weighted by atomic mass is 16.3. The number of fused-ring (bicyclic) bond motifs is 9. The predicted molar refractivity (Wildman–Crippen MR) is 284 cm³/mol. The van der Waals surface area contributed by atoms with Gasteiger partial charge in [-0.05, 0) is 95.8 Å². The van der Waals surface area contributed by atoms with Crippen molar-refractivity contribution in [2.45, 2.75) is 12.8 Å². The van der Waals surface area contributed by atoms with E-state index in [1.54, 1.807) is 0 Å². The zero-order valence-electron chi connectivity index (χ0n) is 37.4. The van der Waals surface area contributed by atoms with Crippen molar-refractivity contribution in [3.05, 3.63) is 230 Å². The number of furan rings is 1. The molecule has 1 aliphatic rings. The lowest BCUT2D eigenvalue weighted by atomic mass is 10.00. The van der Waals surface area contributed by atoms with E-state index >= 15 is 0 Å². The Morgan fingerprint density at radius 1 is 0.377 bits per heavy atom. The molecule has 13 aromatic rings. The van der Waals surface area contributed by atoms with E-state index in [1.165, 1.54) is 43.7 Å². The van der Waals surface area contributed by atoms with Crippen molar-refractivity contribution in [3.8, 4) is 56.4 Å². The van der Waals surface area contributed by atoms with Crippen molar-refractivity contribution in [1.82, 2.24) is 24.1 Å². The highest BCUT2D eigenvalue weighted by Crippen LogP contribution is 2.43. The van der Waals surface area contributed by atoms with E-state index in [0.717, 1.165) is 85.0 Å². The van der Waals surface area contributed by atoms with Gasteiger partial charge < -0.3 is 13.6 Å². The maximum Gasteiger partial charge on any atom is 0.164 e. The first-order chi connectivity index (χ1) is 34.2. The van der Waals surface area contributed by atoms with Crippen LogP contribution < -0.4 is 0 Å². The molecule has 1 aliphatic carbocycles. The number of benzene rings is 9. The highest BCUT2D eigenvalue weighted by Gasteiger charge is 2.21. The SMILES string of the molecule is C1=CCCC(c2nc(-c3ccccc3)nc(-c3cccc(-c4cccc5c4oc4c(-n6c7ccccc7c7cc(-c8ccc9c(c8)c8ccccc8n9-c8ccccc8)ccc76)cccc45)c3)n2)=C1. The predicted octanol–water partition coefficient (Wildman–Crippen LogP) is 16.4. The Bertz CT molecular complexity index is 4250. The number of nitrogens with zero attached hydrogens (tertiary/aromatic N) is 5. The summed E-state index contributed by atoms with van der Waals surface area (Å²) in [5.41, 5.74) is 15.8. The smallest absolute Gasteiger partial charge is 0.164 e. The molecule has 0 radical (unpaired) electrons. The molecule has 0 saturated carbocycles. The summed E-state index contributed by atoms with van der Waals surface area (Å²) >= 11 is 0. The molecule has 0 saturated heterocycles. The number of para-hydroxylation sites is 5. The second kappa shape index (κ2) is 15.8. The van der Waals surface area contributed by atoms with Gasteiger partial charge in [-0.3, -0.25) is 0 Å². The molecule has 0 spiro atoms. The van der Waals surface area contributed by atoms with Gasteiger partial charge in [0.25, 0.3) is 0 Å². The minimum atomic E-state index is 0.640. The molecule has 69 heavy (non-hydrogen) atoms. The van der Waals surface area contributed by atoms with Gasteiger partial charge in [-0.15, -0.1) is 0 Å². The third kappa shape index (κ3) is 6.37. The van der Waals surface area contributed by atoms with E-state index in [4.69, 9.17) is 19.4 Å². The second-order valence-corrected chi connectivity index (χ2v) is 17.9. The van der Waals surface area contributed by atoms with Crippen LogP contribution in [0.25, 0.3) is 128 Å². The molecule has 4 aromatic heterocycles. The van der Waals surface area contributed by atoms with Gasteiger partial charge in [-0.2, -0.15) is 0 Å². The van der Waals surface area contributed by atoms with Gasteiger partial charge in [-0.25, -0.2) is 15.0 Å². The maximum atomic E-state index is 7.14. The summed E-state index contributed by atoms with van der Waals surface area (Å²) in [6, 6.07) is 73.4. The Morgan fingerprint density at radius 2 is 0.928 bits per heavy atom. The average molecular weight is 884 g/mol. The largest absolute Gasteiger partial charge is 0.453 e. The molecule has 0 fully saturated rings. The summed E-state index contributed by atoms with van der Waals surface area (Å²) in [5, 5.41) is 6.98. The number of hydrogen-bond donors (Lipinski definition) is 0. The molecule has 0 unspecified atom stereocenters. The molecular weight excluding hydrogens is 843 g/mol. The first-order valence-electron chi connectivity index (χ1n) is 23.6. The van der Waals surface area contributed by atoms with Gasteiger partial charge in [-0.1, -0.05) is 164 Å². The van der Waals surface area contributed by atoms with E-state index in [1.807, 2.05) is 18.2 Å². The van der Waals surface area contributed by atoms with E-state index < -0.39 is 0 Å². The minimum absolute atomic E-state index is 0.640. The Hall–Kier alpha value is -9.13. The van der Waals surface area contributed by atoms with Crippen molar-refractivity contribution in [2.24, 2.45) is 0 Å². The third-order valence-electron chi connectivity index (χ3n) is 13.8. The maximum absolute atomic E-state index is 7.14. The molecule has 6 heteroatoms. The van der Waals surface area contributed by atoms with E-state index in [0.29, 0.717) is 17.5 Å². The number of aromatic nitrogens is 5. The zero-order chi connectivity index (χ0) is 45.4. The Balaban J connectivity index is 0.889.